The highest BCUT2D eigenvalue weighted by molar-refractivity contribution is 9.10. The quantitative estimate of drug-likeness (QED) is 0.726. The van der Waals surface area contributed by atoms with Crippen molar-refractivity contribution in [2.24, 2.45) is 0 Å². The van der Waals surface area contributed by atoms with Crippen molar-refractivity contribution in [2.75, 3.05) is 22.3 Å². The molecule has 0 spiro atoms. The Labute approximate surface area is 161 Å². The Morgan fingerprint density at radius 3 is 2.62 bits per heavy atom. The predicted octanol–water partition coefficient (Wildman–Crippen LogP) is 3.50. The summed E-state index contributed by atoms with van der Waals surface area (Å²) < 4.78 is 29.4. The number of benzene rings is 2. The fourth-order valence-corrected chi connectivity index (χ4v) is 6.31. The number of aryl methyl sites for hydroxylation is 1. The Morgan fingerprint density at radius 1 is 1.08 bits per heavy atom. The standard InChI is InChI=1S/C19H19BrN2O3S/c1-13(23)21-10-8-15-11-16(20)12-18(19(15)21)26(24,25)22-9-4-6-14-5-2-3-7-17(14)22/h2-3,5,7,11-12H,4,6,8-10H2,1H3. The van der Waals surface area contributed by atoms with Crippen LogP contribution in [0.25, 0.3) is 0 Å². The molecule has 2 heterocycles. The lowest BCUT2D eigenvalue weighted by molar-refractivity contribution is -0.116. The number of halogens is 1. The van der Waals surface area contributed by atoms with Crippen LogP contribution in [0.2, 0.25) is 0 Å². The van der Waals surface area contributed by atoms with Gasteiger partial charge in [0.25, 0.3) is 10.0 Å². The van der Waals surface area contributed by atoms with Crippen LogP contribution >= 0.6 is 15.9 Å². The number of hydrogen-bond acceptors (Lipinski definition) is 3. The number of carbonyl (C=O) groups is 1. The van der Waals surface area contributed by atoms with Gasteiger partial charge in [0.15, 0.2) is 0 Å². The van der Waals surface area contributed by atoms with Crippen LogP contribution in [-0.4, -0.2) is 27.4 Å². The zero-order chi connectivity index (χ0) is 18.5. The first-order valence-electron chi connectivity index (χ1n) is 8.61. The van der Waals surface area contributed by atoms with E-state index >= 15 is 0 Å². The molecule has 2 aliphatic rings. The molecule has 5 nitrogen and oxygen atoms in total. The van der Waals surface area contributed by atoms with Crippen LogP contribution in [0.15, 0.2) is 45.8 Å². The van der Waals surface area contributed by atoms with Crippen LogP contribution in [-0.2, 0) is 27.7 Å². The van der Waals surface area contributed by atoms with Gasteiger partial charge in [-0.25, -0.2) is 8.42 Å². The van der Waals surface area contributed by atoms with Gasteiger partial charge in [0.1, 0.15) is 4.90 Å². The summed E-state index contributed by atoms with van der Waals surface area (Å²) in [4.78, 5) is 13.8. The van der Waals surface area contributed by atoms with Gasteiger partial charge in [-0.1, -0.05) is 34.1 Å². The summed E-state index contributed by atoms with van der Waals surface area (Å²) in [6.45, 7) is 2.44. The SMILES string of the molecule is CC(=O)N1CCc2cc(Br)cc(S(=O)(=O)N3CCCc4ccccc43)c21. The van der Waals surface area contributed by atoms with Gasteiger partial charge in [-0.15, -0.1) is 0 Å². The molecule has 0 bridgehead atoms. The normalized spacial score (nSPS) is 16.4. The third-order valence-corrected chi connectivity index (χ3v) is 7.29. The molecule has 4 rings (SSSR count). The summed E-state index contributed by atoms with van der Waals surface area (Å²) >= 11 is 3.43. The molecule has 0 unspecified atom stereocenters. The summed E-state index contributed by atoms with van der Waals surface area (Å²) in [7, 11) is -3.78. The average Bonchev–Trinajstić information content (AvgIpc) is 3.04. The number of rotatable bonds is 2. The number of para-hydroxylation sites is 1. The molecule has 2 aromatic rings. The van der Waals surface area contributed by atoms with E-state index in [-0.39, 0.29) is 10.8 Å². The van der Waals surface area contributed by atoms with E-state index in [1.807, 2.05) is 30.3 Å². The molecule has 0 aromatic heterocycles. The fourth-order valence-electron chi connectivity index (χ4n) is 3.85. The zero-order valence-electron chi connectivity index (χ0n) is 14.4. The predicted molar refractivity (Wildman–Crippen MR) is 105 cm³/mol. The van der Waals surface area contributed by atoms with E-state index < -0.39 is 10.0 Å². The average molecular weight is 435 g/mol. The summed E-state index contributed by atoms with van der Waals surface area (Å²) in [6, 6.07) is 11.1. The molecule has 136 valence electrons. The Kier molecular flexibility index (Phi) is 4.31. The monoisotopic (exact) mass is 434 g/mol. The molecular weight excluding hydrogens is 416 g/mol. The number of hydrogen-bond donors (Lipinski definition) is 0. The maximum Gasteiger partial charge on any atom is 0.266 e. The number of fused-ring (bicyclic) bond motifs is 2. The lowest BCUT2D eigenvalue weighted by Crippen LogP contribution is -2.37. The first kappa shape index (κ1) is 17.5. The lowest BCUT2D eigenvalue weighted by Gasteiger charge is -2.31. The third-order valence-electron chi connectivity index (χ3n) is 5.01. The van der Waals surface area contributed by atoms with Crippen molar-refractivity contribution in [3.63, 3.8) is 0 Å². The highest BCUT2D eigenvalue weighted by Crippen LogP contribution is 2.41. The smallest absolute Gasteiger partial charge is 0.266 e. The molecule has 0 radical (unpaired) electrons. The number of nitrogens with zero attached hydrogens (tertiary/aromatic N) is 2. The number of carbonyl (C=O) groups excluding carboxylic acids is 1. The Bertz CT molecular complexity index is 1000. The molecule has 0 aliphatic carbocycles. The fraction of sp³-hybridized carbons (Fsp3) is 0.316. The second-order valence-corrected chi connectivity index (χ2v) is 9.39. The van der Waals surface area contributed by atoms with Crippen molar-refractivity contribution < 1.29 is 13.2 Å². The van der Waals surface area contributed by atoms with Crippen LogP contribution in [0.5, 0.6) is 0 Å². The minimum atomic E-state index is -3.78. The van der Waals surface area contributed by atoms with Gasteiger partial charge in [0.2, 0.25) is 5.91 Å². The minimum Gasteiger partial charge on any atom is -0.311 e. The van der Waals surface area contributed by atoms with E-state index in [0.29, 0.717) is 29.7 Å². The zero-order valence-corrected chi connectivity index (χ0v) is 16.8. The van der Waals surface area contributed by atoms with Crippen molar-refractivity contribution in [1.29, 1.82) is 0 Å². The van der Waals surface area contributed by atoms with Crippen molar-refractivity contribution >= 4 is 43.2 Å². The maximum atomic E-state index is 13.6. The number of amides is 1. The van der Waals surface area contributed by atoms with Gasteiger partial charge in [-0.2, -0.15) is 0 Å². The van der Waals surface area contributed by atoms with Crippen molar-refractivity contribution in [3.8, 4) is 0 Å². The summed E-state index contributed by atoms with van der Waals surface area (Å²) in [6.07, 6.45) is 2.31. The summed E-state index contributed by atoms with van der Waals surface area (Å²) in [5.41, 5.74) is 3.19. The first-order valence-corrected chi connectivity index (χ1v) is 10.8. The van der Waals surface area contributed by atoms with E-state index in [4.69, 9.17) is 0 Å². The minimum absolute atomic E-state index is 0.137. The van der Waals surface area contributed by atoms with Gasteiger partial charge in [-0.3, -0.25) is 9.10 Å². The van der Waals surface area contributed by atoms with Gasteiger partial charge < -0.3 is 4.90 Å². The highest BCUT2D eigenvalue weighted by Gasteiger charge is 2.36. The molecule has 2 aromatic carbocycles. The highest BCUT2D eigenvalue weighted by atomic mass is 79.9. The van der Waals surface area contributed by atoms with Crippen LogP contribution in [0, 0.1) is 0 Å². The number of anilines is 2. The van der Waals surface area contributed by atoms with Crippen LogP contribution < -0.4 is 9.21 Å². The van der Waals surface area contributed by atoms with Crippen LogP contribution in [0.4, 0.5) is 11.4 Å². The lowest BCUT2D eigenvalue weighted by atomic mass is 10.0. The van der Waals surface area contributed by atoms with E-state index in [1.54, 1.807) is 11.0 Å². The van der Waals surface area contributed by atoms with Crippen molar-refractivity contribution in [1.82, 2.24) is 0 Å². The van der Waals surface area contributed by atoms with Crippen molar-refractivity contribution in [3.05, 3.63) is 52.0 Å². The second kappa shape index (κ2) is 6.39. The molecule has 0 saturated heterocycles. The molecule has 1 amide bonds. The summed E-state index contributed by atoms with van der Waals surface area (Å²) in [5, 5.41) is 0. The third kappa shape index (κ3) is 2.74. The van der Waals surface area contributed by atoms with Gasteiger partial charge in [-0.05, 0) is 48.6 Å². The Morgan fingerprint density at radius 2 is 1.85 bits per heavy atom. The number of sulfonamides is 1. The topological polar surface area (TPSA) is 57.7 Å². The molecule has 2 aliphatic heterocycles. The molecule has 0 fully saturated rings. The molecule has 0 N–H and O–H groups in total. The van der Waals surface area contributed by atoms with E-state index in [0.717, 1.165) is 29.7 Å². The van der Waals surface area contributed by atoms with E-state index in [2.05, 4.69) is 15.9 Å². The summed E-state index contributed by atoms with van der Waals surface area (Å²) in [5.74, 6) is -0.137. The van der Waals surface area contributed by atoms with E-state index in [9.17, 15) is 13.2 Å². The van der Waals surface area contributed by atoms with Gasteiger partial charge in [0, 0.05) is 24.5 Å². The molecule has 0 atom stereocenters. The van der Waals surface area contributed by atoms with Gasteiger partial charge in [0.05, 0.1) is 11.4 Å². The van der Waals surface area contributed by atoms with E-state index in [1.165, 1.54) is 11.2 Å². The largest absolute Gasteiger partial charge is 0.311 e. The van der Waals surface area contributed by atoms with Crippen LogP contribution in [0.3, 0.4) is 0 Å². The van der Waals surface area contributed by atoms with Crippen molar-refractivity contribution in [2.45, 2.75) is 31.1 Å². The second-order valence-electron chi connectivity index (χ2n) is 6.64. The van der Waals surface area contributed by atoms with Crippen LogP contribution in [0.1, 0.15) is 24.5 Å². The molecular formula is C19H19BrN2O3S. The molecule has 0 saturated carbocycles. The first-order chi connectivity index (χ1) is 12.4. The Balaban J connectivity index is 1.90. The molecule has 26 heavy (non-hydrogen) atoms. The maximum absolute atomic E-state index is 13.6. The Hall–Kier alpha value is -1.86. The molecule has 7 heteroatoms. The van der Waals surface area contributed by atoms with Gasteiger partial charge >= 0.3 is 0 Å².